The Hall–Kier alpha value is -1.36. The Bertz CT molecular complexity index is 374. The summed E-state index contributed by atoms with van der Waals surface area (Å²) in [5, 5.41) is 10.2. The molecule has 0 aromatic carbocycles. The Morgan fingerprint density at radius 3 is 3.06 bits per heavy atom. The first-order valence-electron chi connectivity index (χ1n) is 5.72. The Morgan fingerprint density at radius 1 is 1.62 bits per heavy atom. The van der Waals surface area contributed by atoms with E-state index < -0.39 is 0 Å². The van der Waals surface area contributed by atoms with Gasteiger partial charge < -0.3 is 10.6 Å². The van der Waals surface area contributed by atoms with Crippen LogP contribution in [-0.4, -0.2) is 27.8 Å². The second kappa shape index (κ2) is 4.65. The van der Waals surface area contributed by atoms with Crippen molar-refractivity contribution < 1.29 is 4.79 Å². The number of rotatable bonds is 2. The molecule has 5 heteroatoms. The molecule has 1 aliphatic rings. The third kappa shape index (κ3) is 2.41. The lowest BCUT2D eigenvalue weighted by atomic mass is 9.99. The largest absolute Gasteiger partial charge is 0.310 e. The molecule has 2 N–H and O–H groups in total. The van der Waals surface area contributed by atoms with Crippen LogP contribution in [0.1, 0.15) is 26.2 Å². The monoisotopic (exact) mass is 222 g/mol. The number of carbonyl (C=O) groups excluding carboxylic acids is 1. The number of anilines is 1. The highest BCUT2D eigenvalue weighted by atomic mass is 16.2. The van der Waals surface area contributed by atoms with Gasteiger partial charge in [-0.15, -0.1) is 0 Å². The van der Waals surface area contributed by atoms with Gasteiger partial charge >= 0.3 is 0 Å². The summed E-state index contributed by atoms with van der Waals surface area (Å²) in [5.41, 5.74) is 0. The molecule has 2 atom stereocenters. The van der Waals surface area contributed by atoms with Crippen molar-refractivity contribution in [3.8, 4) is 0 Å². The summed E-state index contributed by atoms with van der Waals surface area (Å²) in [7, 11) is 1.81. The van der Waals surface area contributed by atoms with E-state index in [1.54, 1.807) is 16.9 Å². The van der Waals surface area contributed by atoms with Crippen LogP contribution in [-0.2, 0) is 11.8 Å². The molecule has 1 aromatic rings. The van der Waals surface area contributed by atoms with Crippen LogP contribution in [0.3, 0.4) is 0 Å². The van der Waals surface area contributed by atoms with Crippen molar-refractivity contribution in [3.63, 3.8) is 0 Å². The highest BCUT2D eigenvalue weighted by molar-refractivity contribution is 5.94. The van der Waals surface area contributed by atoms with E-state index in [-0.39, 0.29) is 11.9 Å². The lowest BCUT2D eigenvalue weighted by Crippen LogP contribution is -2.47. The second-order valence-corrected chi connectivity index (χ2v) is 4.38. The first kappa shape index (κ1) is 11.1. The summed E-state index contributed by atoms with van der Waals surface area (Å²) < 4.78 is 1.66. The normalized spacial score (nSPS) is 25.4. The maximum atomic E-state index is 11.9. The number of piperidine rings is 1. The molecule has 88 valence electrons. The van der Waals surface area contributed by atoms with Crippen LogP contribution >= 0.6 is 0 Å². The molecule has 2 rings (SSSR count). The maximum Gasteiger partial charge on any atom is 0.242 e. The van der Waals surface area contributed by atoms with Gasteiger partial charge in [0.1, 0.15) is 5.82 Å². The van der Waals surface area contributed by atoms with E-state index in [1.807, 2.05) is 7.05 Å². The predicted octanol–water partition coefficient (Wildman–Crippen LogP) is 0.889. The van der Waals surface area contributed by atoms with Gasteiger partial charge in [-0.3, -0.25) is 9.48 Å². The van der Waals surface area contributed by atoms with E-state index in [2.05, 4.69) is 22.7 Å². The fraction of sp³-hybridized carbons (Fsp3) is 0.636. The van der Waals surface area contributed by atoms with Gasteiger partial charge in [0.2, 0.25) is 5.91 Å². The van der Waals surface area contributed by atoms with Crippen LogP contribution in [0.4, 0.5) is 5.82 Å². The zero-order valence-electron chi connectivity index (χ0n) is 9.73. The van der Waals surface area contributed by atoms with Crippen molar-refractivity contribution in [1.82, 2.24) is 15.1 Å². The number of nitrogens with one attached hydrogen (secondary N) is 2. The molecule has 1 saturated heterocycles. The number of aryl methyl sites for hydroxylation is 1. The van der Waals surface area contributed by atoms with Crippen molar-refractivity contribution in [2.24, 2.45) is 7.05 Å². The summed E-state index contributed by atoms with van der Waals surface area (Å²) in [5.74, 6) is 0.778. The lowest BCUT2D eigenvalue weighted by Gasteiger charge is -2.27. The lowest BCUT2D eigenvalue weighted by molar-refractivity contribution is -0.119. The Kier molecular flexibility index (Phi) is 3.24. The van der Waals surface area contributed by atoms with Gasteiger partial charge in [0, 0.05) is 19.2 Å². The quantitative estimate of drug-likeness (QED) is 0.781. The van der Waals surface area contributed by atoms with Gasteiger partial charge in [-0.1, -0.05) is 0 Å². The Morgan fingerprint density at radius 2 is 2.44 bits per heavy atom. The van der Waals surface area contributed by atoms with Gasteiger partial charge in [-0.05, 0) is 26.2 Å². The molecule has 1 aromatic heterocycles. The second-order valence-electron chi connectivity index (χ2n) is 4.38. The topological polar surface area (TPSA) is 59.0 Å². The van der Waals surface area contributed by atoms with Crippen LogP contribution in [0.25, 0.3) is 0 Å². The SMILES string of the molecule is CC1CCCC(C(=O)Nc2ccnn2C)N1. The standard InChI is InChI=1S/C11H18N4O/c1-8-4-3-5-9(13-8)11(16)14-10-6-7-12-15(10)2/h6-9,13H,3-5H2,1-2H3,(H,14,16). The van der Waals surface area contributed by atoms with Crippen LogP contribution in [0, 0.1) is 0 Å². The molecule has 16 heavy (non-hydrogen) atoms. The van der Waals surface area contributed by atoms with Gasteiger partial charge in [0.15, 0.2) is 0 Å². The molecule has 1 fully saturated rings. The number of aromatic nitrogens is 2. The van der Waals surface area contributed by atoms with E-state index in [1.165, 1.54) is 0 Å². The van der Waals surface area contributed by atoms with Gasteiger partial charge in [0.25, 0.3) is 0 Å². The van der Waals surface area contributed by atoms with Crippen LogP contribution in [0.5, 0.6) is 0 Å². The van der Waals surface area contributed by atoms with Gasteiger partial charge in [-0.25, -0.2) is 0 Å². The molecular weight excluding hydrogens is 204 g/mol. The highest BCUT2D eigenvalue weighted by Gasteiger charge is 2.24. The number of carbonyl (C=O) groups is 1. The minimum Gasteiger partial charge on any atom is -0.310 e. The summed E-state index contributed by atoms with van der Waals surface area (Å²) in [6.07, 6.45) is 4.84. The molecule has 0 saturated carbocycles. The molecule has 0 bridgehead atoms. The Labute approximate surface area is 95.2 Å². The number of nitrogens with zero attached hydrogens (tertiary/aromatic N) is 2. The van der Waals surface area contributed by atoms with Gasteiger partial charge in [0.05, 0.1) is 12.2 Å². The Balaban J connectivity index is 1.95. The maximum absolute atomic E-state index is 11.9. The third-order valence-electron chi connectivity index (χ3n) is 3.00. The molecule has 0 aliphatic carbocycles. The fourth-order valence-electron chi connectivity index (χ4n) is 2.05. The molecule has 0 radical (unpaired) electrons. The molecule has 0 spiro atoms. The van der Waals surface area contributed by atoms with Crippen molar-refractivity contribution in [1.29, 1.82) is 0 Å². The average molecular weight is 222 g/mol. The minimum atomic E-state index is -0.0707. The highest BCUT2D eigenvalue weighted by Crippen LogP contribution is 2.14. The fourth-order valence-corrected chi connectivity index (χ4v) is 2.05. The van der Waals surface area contributed by atoms with Crippen molar-refractivity contribution in [2.75, 3.05) is 5.32 Å². The third-order valence-corrected chi connectivity index (χ3v) is 3.00. The molecule has 1 aliphatic heterocycles. The molecule has 2 heterocycles. The first-order valence-corrected chi connectivity index (χ1v) is 5.72. The number of hydrogen-bond acceptors (Lipinski definition) is 3. The van der Waals surface area contributed by atoms with Crippen molar-refractivity contribution in [2.45, 2.75) is 38.3 Å². The zero-order chi connectivity index (χ0) is 11.5. The van der Waals surface area contributed by atoms with Crippen molar-refractivity contribution >= 4 is 11.7 Å². The van der Waals surface area contributed by atoms with E-state index in [4.69, 9.17) is 0 Å². The van der Waals surface area contributed by atoms with E-state index in [0.29, 0.717) is 6.04 Å². The predicted molar refractivity (Wildman–Crippen MR) is 62.1 cm³/mol. The molecule has 5 nitrogen and oxygen atoms in total. The van der Waals surface area contributed by atoms with Gasteiger partial charge in [-0.2, -0.15) is 5.10 Å². The van der Waals surface area contributed by atoms with Crippen LogP contribution in [0.15, 0.2) is 12.3 Å². The summed E-state index contributed by atoms with van der Waals surface area (Å²) >= 11 is 0. The minimum absolute atomic E-state index is 0.0372. The zero-order valence-corrected chi connectivity index (χ0v) is 9.73. The number of hydrogen-bond donors (Lipinski definition) is 2. The van der Waals surface area contributed by atoms with E-state index in [0.717, 1.165) is 25.1 Å². The summed E-state index contributed by atoms with van der Waals surface area (Å²) in [4.78, 5) is 11.9. The summed E-state index contributed by atoms with van der Waals surface area (Å²) in [6, 6.07) is 2.15. The van der Waals surface area contributed by atoms with Crippen LogP contribution in [0.2, 0.25) is 0 Å². The molecule has 2 unspecified atom stereocenters. The molecule has 1 amide bonds. The smallest absolute Gasteiger partial charge is 0.242 e. The van der Waals surface area contributed by atoms with Crippen molar-refractivity contribution in [3.05, 3.63) is 12.3 Å². The van der Waals surface area contributed by atoms with Crippen LogP contribution < -0.4 is 10.6 Å². The molecular formula is C11H18N4O. The average Bonchev–Trinajstić information content (AvgIpc) is 2.64. The summed E-state index contributed by atoms with van der Waals surface area (Å²) in [6.45, 7) is 2.11. The number of amides is 1. The van der Waals surface area contributed by atoms with E-state index >= 15 is 0 Å². The first-order chi connectivity index (χ1) is 7.66. The van der Waals surface area contributed by atoms with E-state index in [9.17, 15) is 4.79 Å².